The van der Waals surface area contributed by atoms with E-state index in [1.165, 1.54) is 12.1 Å². The van der Waals surface area contributed by atoms with Crippen LogP contribution in [0.2, 0.25) is 0 Å². The van der Waals surface area contributed by atoms with Crippen LogP contribution < -0.4 is 0 Å². The number of ether oxygens (including phenoxy) is 3. The minimum Gasteiger partial charge on any atom is -0.462 e. The molecule has 0 saturated carbocycles. The summed E-state index contributed by atoms with van der Waals surface area (Å²) in [7, 11) is -3.40. The van der Waals surface area contributed by atoms with Gasteiger partial charge in [-0.25, -0.2) is 18.0 Å². The van der Waals surface area contributed by atoms with E-state index in [0.717, 1.165) is 18.0 Å². The van der Waals surface area contributed by atoms with Crippen LogP contribution in [0.1, 0.15) is 30.9 Å². The largest absolute Gasteiger partial charge is 0.508 e. The average Bonchev–Trinajstić information content (AvgIpc) is 2.79. The van der Waals surface area contributed by atoms with Gasteiger partial charge in [-0.2, -0.15) is 0 Å². The normalized spacial score (nSPS) is 12.0. The first-order valence-electron chi connectivity index (χ1n) is 10.4. The molecule has 0 aliphatic carbocycles. The first kappa shape index (κ1) is 26.6. The van der Waals surface area contributed by atoms with E-state index < -0.39 is 22.0 Å². The fourth-order valence-electron chi connectivity index (χ4n) is 2.95. The molecule has 0 N–H and O–H groups in total. The van der Waals surface area contributed by atoms with Gasteiger partial charge >= 0.3 is 12.1 Å². The zero-order valence-electron chi connectivity index (χ0n) is 18.6. The molecule has 0 aliphatic rings. The molecular weight excluding hydrogens is 512 g/mol. The van der Waals surface area contributed by atoms with Crippen molar-refractivity contribution in [2.45, 2.75) is 24.7 Å². The number of benzene rings is 2. The lowest BCUT2D eigenvalue weighted by molar-refractivity contribution is -0.136. The van der Waals surface area contributed by atoms with Crippen molar-refractivity contribution < 1.29 is 32.2 Å². The Kier molecular flexibility index (Phi) is 10.6. The molecule has 2 rings (SSSR count). The molecule has 0 bridgehead atoms. The van der Waals surface area contributed by atoms with E-state index in [1.807, 2.05) is 6.07 Å². The number of carbonyl (C=O) groups excluding carboxylic acids is 2. The molecule has 0 aliphatic heterocycles. The summed E-state index contributed by atoms with van der Waals surface area (Å²) in [6.45, 7) is 1.81. The first-order valence-corrected chi connectivity index (χ1v) is 13.4. The molecule has 178 valence electrons. The Morgan fingerprint density at radius 2 is 1.55 bits per heavy atom. The highest BCUT2D eigenvalue weighted by Crippen LogP contribution is 2.29. The number of halogens is 1. The van der Waals surface area contributed by atoms with Crippen LogP contribution in [0.25, 0.3) is 11.1 Å². The van der Waals surface area contributed by atoms with Crippen molar-refractivity contribution in [1.29, 1.82) is 0 Å². The second-order valence-electron chi connectivity index (χ2n) is 7.02. The van der Waals surface area contributed by atoms with E-state index in [9.17, 15) is 18.0 Å². The minimum absolute atomic E-state index is 0.134. The molecule has 2 aromatic rings. The molecule has 0 spiro atoms. The third-order valence-corrected chi connectivity index (χ3v) is 6.25. The Balaban J connectivity index is 2.47. The molecule has 0 atom stereocenters. The molecular formula is C24H27BrO7S. The molecule has 0 fully saturated rings. The summed E-state index contributed by atoms with van der Waals surface area (Å²) in [4.78, 5) is 25.2. The molecule has 0 aromatic heterocycles. The van der Waals surface area contributed by atoms with Crippen molar-refractivity contribution in [1.82, 2.24) is 0 Å². The van der Waals surface area contributed by atoms with Gasteiger partial charge < -0.3 is 14.2 Å². The topological polar surface area (TPSA) is 96.0 Å². The van der Waals surface area contributed by atoms with Crippen LogP contribution >= 0.6 is 15.9 Å². The number of unbranched alkanes of at least 4 members (excludes halogenated alkanes) is 1. The Labute approximate surface area is 202 Å². The summed E-state index contributed by atoms with van der Waals surface area (Å²) in [5, 5.41) is 0.807. The summed E-state index contributed by atoms with van der Waals surface area (Å²) in [5.41, 5.74) is 1.68. The molecule has 2 aromatic carbocycles. The lowest BCUT2D eigenvalue weighted by atomic mass is 9.95. The summed E-state index contributed by atoms with van der Waals surface area (Å²) >= 11 is 3.31. The van der Waals surface area contributed by atoms with Gasteiger partial charge in [0.05, 0.1) is 23.7 Å². The Hall–Kier alpha value is -2.65. The van der Waals surface area contributed by atoms with E-state index in [-0.39, 0.29) is 30.3 Å². The lowest BCUT2D eigenvalue weighted by Gasteiger charge is -2.16. The van der Waals surface area contributed by atoms with Gasteiger partial charge in [-0.3, -0.25) is 0 Å². The van der Waals surface area contributed by atoms with E-state index >= 15 is 0 Å². The minimum atomic E-state index is -3.40. The van der Waals surface area contributed by atoms with Crippen LogP contribution in [0.3, 0.4) is 0 Å². The number of esters is 1. The van der Waals surface area contributed by atoms with Gasteiger partial charge in [0.15, 0.2) is 9.84 Å². The summed E-state index contributed by atoms with van der Waals surface area (Å²) in [5.74, 6) is -0.583. The van der Waals surface area contributed by atoms with E-state index in [4.69, 9.17) is 14.2 Å². The van der Waals surface area contributed by atoms with Crippen molar-refractivity contribution >= 4 is 49.0 Å². The van der Waals surface area contributed by atoms with Crippen molar-refractivity contribution in [3.63, 3.8) is 0 Å². The molecule has 0 radical (unpaired) electrons. The quantitative estimate of drug-likeness (QED) is 0.132. The predicted molar refractivity (Wildman–Crippen MR) is 130 cm³/mol. The van der Waals surface area contributed by atoms with Gasteiger partial charge in [0.2, 0.25) is 0 Å². The van der Waals surface area contributed by atoms with Gasteiger partial charge in [0, 0.05) is 17.2 Å². The highest BCUT2D eigenvalue weighted by atomic mass is 79.9. The van der Waals surface area contributed by atoms with Crippen molar-refractivity contribution in [2.75, 3.05) is 31.4 Å². The average molecular weight is 539 g/mol. The highest BCUT2D eigenvalue weighted by molar-refractivity contribution is 9.09. The standard InChI is InChI=1S/C24H27BrO7S/c1-3-30-23(26)22(19-9-5-4-6-10-19)21(17-32-24(27)31-16-8-7-15-25)18-11-13-20(14-12-18)33(2,28)29/h4-6,9-14H,3,7-8,15-17H2,1-2H3/b22-21+. The first-order chi connectivity index (χ1) is 15.8. The number of alkyl halides is 1. The SMILES string of the molecule is CCOC(=O)/C(=C(\COC(=O)OCCCCBr)c1ccc(S(C)(=O)=O)cc1)c1ccccc1. The molecule has 9 heteroatoms. The second-order valence-corrected chi connectivity index (χ2v) is 9.83. The predicted octanol–water partition coefficient (Wildman–Crippen LogP) is 4.89. The van der Waals surface area contributed by atoms with Crippen molar-refractivity contribution in [3.05, 3.63) is 65.7 Å². The van der Waals surface area contributed by atoms with Gasteiger partial charge in [0.25, 0.3) is 0 Å². The number of rotatable bonds is 11. The van der Waals surface area contributed by atoms with Crippen LogP contribution in [0.5, 0.6) is 0 Å². The Morgan fingerprint density at radius 3 is 2.12 bits per heavy atom. The number of carbonyl (C=O) groups is 2. The van der Waals surface area contributed by atoms with Crippen LogP contribution in [-0.2, 0) is 28.8 Å². The van der Waals surface area contributed by atoms with Crippen molar-refractivity contribution in [2.24, 2.45) is 0 Å². The number of hydrogen-bond donors (Lipinski definition) is 0. The Morgan fingerprint density at radius 1 is 0.879 bits per heavy atom. The molecule has 7 nitrogen and oxygen atoms in total. The Bertz CT molecular complexity index is 1060. The maximum absolute atomic E-state index is 12.9. The van der Waals surface area contributed by atoms with Gasteiger partial charge in [0.1, 0.15) is 6.61 Å². The summed E-state index contributed by atoms with van der Waals surface area (Å²) < 4.78 is 39.4. The highest BCUT2D eigenvalue weighted by Gasteiger charge is 2.22. The van der Waals surface area contributed by atoms with Crippen LogP contribution in [0.4, 0.5) is 4.79 Å². The molecule has 0 saturated heterocycles. The fourth-order valence-corrected chi connectivity index (χ4v) is 3.98. The third kappa shape index (κ3) is 8.33. The third-order valence-electron chi connectivity index (χ3n) is 4.56. The van der Waals surface area contributed by atoms with Gasteiger partial charge in [-0.1, -0.05) is 58.4 Å². The molecule has 33 heavy (non-hydrogen) atoms. The molecule has 0 amide bonds. The maximum Gasteiger partial charge on any atom is 0.508 e. The second kappa shape index (κ2) is 13.2. The molecule has 0 heterocycles. The van der Waals surface area contributed by atoms with E-state index in [0.29, 0.717) is 23.1 Å². The maximum atomic E-state index is 12.9. The lowest BCUT2D eigenvalue weighted by Crippen LogP contribution is -2.15. The number of hydrogen-bond acceptors (Lipinski definition) is 7. The van der Waals surface area contributed by atoms with Crippen LogP contribution in [-0.4, -0.2) is 51.9 Å². The molecule has 0 unspecified atom stereocenters. The zero-order valence-corrected chi connectivity index (χ0v) is 21.0. The number of sulfone groups is 1. The van der Waals surface area contributed by atoms with Crippen molar-refractivity contribution in [3.8, 4) is 0 Å². The summed E-state index contributed by atoms with van der Waals surface area (Å²) in [6.07, 6.45) is 1.80. The monoisotopic (exact) mass is 538 g/mol. The van der Waals surface area contributed by atoms with Gasteiger partial charge in [-0.15, -0.1) is 0 Å². The van der Waals surface area contributed by atoms with Crippen LogP contribution in [0, 0.1) is 0 Å². The van der Waals surface area contributed by atoms with E-state index in [2.05, 4.69) is 15.9 Å². The van der Waals surface area contributed by atoms with Gasteiger partial charge in [-0.05, 0) is 43.0 Å². The smallest absolute Gasteiger partial charge is 0.462 e. The van der Waals surface area contributed by atoms with E-state index in [1.54, 1.807) is 43.3 Å². The fraction of sp³-hybridized carbons (Fsp3) is 0.333. The zero-order chi connectivity index (χ0) is 24.3. The summed E-state index contributed by atoms with van der Waals surface area (Å²) in [6, 6.07) is 14.9. The van der Waals surface area contributed by atoms with Crippen LogP contribution in [0.15, 0.2) is 59.5 Å².